The van der Waals surface area contributed by atoms with Gasteiger partial charge in [-0.05, 0) is 67.4 Å². The second-order valence-electron chi connectivity index (χ2n) is 6.25. The van der Waals surface area contributed by atoms with Gasteiger partial charge in [0.2, 0.25) is 0 Å². The molecule has 0 spiro atoms. The predicted molar refractivity (Wildman–Crippen MR) is 102 cm³/mol. The average Bonchev–Trinajstić information content (AvgIpc) is 2.63. The summed E-state index contributed by atoms with van der Waals surface area (Å²) in [6.07, 6.45) is 2.76. The number of hydrogen-bond donors (Lipinski definition) is 2. The van der Waals surface area contributed by atoms with Crippen molar-refractivity contribution in [1.82, 2.24) is 4.98 Å². The summed E-state index contributed by atoms with van der Waals surface area (Å²) in [7, 11) is 0. The molecule has 136 valence electrons. The summed E-state index contributed by atoms with van der Waals surface area (Å²) in [5.41, 5.74) is 3.70. The van der Waals surface area contributed by atoms with Crippen molar-refractivity contribution in [2.45, 2.75) is 13.8 Å². The molecule has 2 N–H and O–H groups in total. The largest absolute Gasteiger partial charge is 0.322 e. The van der Waals surface area contributed by atoms with Gasteiger partial charge in [0, 0.05) is 23.8 Å². The number of halogens is 1. The number of nitrogens with one attached hydrogen (secondary N) is 2. The second kappa shape index (κ2) is 7.78. The molecule has 1 aromatic heterocycles. The van der Waals surface area contributed by atoms with E-state index in [-0.39, 0.29) is 22.9 Å². The number of aryl methyl sites for hydroxylation is 2. The van der Waals surface area contributed by atoms with E-state index in [0.29, 0.717) is 11.4 Å². The summed E-state index contributed by atoms with van der Waals surface area (Å²) in [4.78, 5) is 28.8. The summed E-state index contributed by atoms with van der Waals surface area (Å²) in [6.45, 7) is 3.90. The highest BCUT2D eigenvalue weighted by Gasteiger charge is 2.12. The van der Waals surface area contributed by atoms with Gasteiger partial charge in [-0.2, -0.15) is 0 Å². The lowest BCUT2D eigenvalue weighted by molar-refractivity contribution is 0.102. The van der Waals surface area contributed by atoms with Crippen LogP contribution in [0.2, 0.25) is 0 Å². The molecule has 2 aromatic carbocycles. The summed E-state index contributed by atoms with van der Waals surface area (Å²) in [5, 5.41) is 5.45. The van der Waals surface area contributed by atoms with Gasteiger partial charge >= 0.3 is 0 Å². The number of pyridine rings is 1. The molecule has 6 heteroatoms. The predicted octanol–water partition coefficient (Wildman–Crippen LogP) is 4.34. The molecule has 2 amide bonds. The molecule has 0 aliphatic rings. The monoisotopic (exact) mass is 363 g/mol. The molecule has 0 fully saturated rings. The maximum atomic E-state index is 13.0. The van der Waals surface area contributed by atoms with E-state index in [0.717, 1.165) is 11.1 Å². The van der Waals surface area contributed by atoms with Crippen molar-refractivity contribution in [3.8, 4) is 0 Å². The lowest BCUT2D eigenvalue weighted by atomic mass is 10.1. The highest BCUT2D eigenvalue weighted by molar-refractivity contribution is 6.08. The van der Waals surface area contributed by atoms with Gasteiger partial charge in [-0.3, -0.25) is 14.6 Å². The summed E-state index contributed by atoms with van der Waals surface area (Å²) >= 11 is 0. The fourth-order valence-electron chi connectivity index (χ4n) is 2.67. The van der Waals surface area contributed by atoms with Crippen LogP contribution in [-0.4, -0.2) is 16.8 Å². The first-order valence-electron chi connectivity index (χ1n) is 8.32. The van der Waals surface area contributed by atoms with E-state index >= 15 is 0 Å². The van der Waals surface area contributed by atoms with Crippen molar-refractivity contribution >= 4 is 23.2 Å². The topological polar surface area (TPSA) is 71.1 Å². The number of carbonyl (C=O) groups is 2. The lowest BCUT2D eigenvalue weighted by Crippen LogP contribution is -2.16. The molecule has 0 saturated carbocycles. The molecule has 0 saturated heterocycles. The van der Waals surface area contributed by atoms with Crippen LogP contribution in [0, 0.1) is 19.7 Å². The van der Waals surface area contributed by atoms with Crippen molar-refractivity contribution < 1.29 is 14.0 Å². The standard InChI is InChI=1S/C21H18FN3O2/c1-13-7-14(2)9-19(8-13)25-21(27)16-10-15(11-23-12-16)20(26)24-18-5-3-17(22)4-6-18/h3-12H,1-2H3,(H,24,26)(H,25,27). The van der Waals surface area contributed by atoms with E-state index in [9.17, 15) is 14.0 Å². The van der Waals surface area contributed by atoms with Crippen molar-refractivity contribution in [3.63, 3.8) is 0 Å². The van der Waals surface area contributed by atoms with E-state index in [1.54, 1.807) is 0 Å². The third-order valence-corrected chi connectivity index (χ3v) is 3.84. The lowest BCUT2D eigenvalue weighted by Gasteiger charge is -2.09. The minimum absolute atomic E-state index is 0.229. The maximum absolute atomic E-state index is 13.0. The van der Waals surface area contributed by atoms with Gasteiger partial charge in [-0.15, -0.1) is 0 Å². The van der Waals surface area contributed by atoms with Crippen molar-refractivity contribution in [3.05, 3.63) is 89.0 Å². The normalized spacial score (nSPS) is 10.3. The molecule has 3 aromatic rings. The number of rotatable bonds is 4. The number of aromatic nitrogens is 1. The Morgan fingerprint density at radius 1 is 0.778 bits per heavy atom. The number of carbonyl (C=O) groups excluding carboxylic acids is 2. The Bertz CT molecular complexity index is 980. The number of nitrogens with zero attached hydrogens (tertiary/aromatic N) is 1. The van der Waals surface area contributed by atoms with Crippen LogP contribution in [0.1, 0.15) is 31.8 Å². The van der Waals surface area contributed by atoms with E-state index in [2.05, 4.69) is 15.6 Å². The van der Waals surface area contributed by atoms with Gasteiger partial charge < -0.3 is 10.6 Å². The first kappa shape index (κ1) is 18.3. The van der Waals surface area contributed by atoms with Crippen molar-refractivity contribution in [1.29, 1.82) is 0 Å². The highest BCUT2D eigenvalue weighted by atomic mass is 19.1. The van der Waals surface area contributed by atoms with E-state index in [1.807, 2.05) is 32.0 Å². The van der Waals surface area contributed by atoms with Crippen LogP contribution >= 0.6 is 0 Å². The maximum Gasteiger partial charge on any atom is 0.257 e. The Hall–Kier alpha value is -3.54. The van der Waals surface area contributed by atoms with Gasteiger partial charge in [0.1, 0.15) is 5.82 Å². The van der Waals surface area contributed by atoms with Crippen LogP contribution in [-0.2, 0) is 0 Å². The Morgan fingerprint density at radius 3 is 1.85 bits per heavy atom. The SMILES string of the molecule is Cc1cc(C)cc(NC(=O)c2cncc(C(=O)Nc3ccc(F)cc3)c2)c1. The Kier molecular flexibility index (Phi) is 5.26. The van der Waals surface area contributed by atoms with Crippen LogP contribution in [0.25, 0.3) is 0 Å². The number of anilines is 2. The quantitative estimate of drug-likeness (QED) is 0.724. The fourth-order valence-corrected chi connectivity index (χ4v) is 2.67. The summed E-state index contributed by atoms with van der Waals surface area (Å²) in [6, 6.07) is 12.6. The molecule has 0 aliphatic heterocycles. The molecule has 0 radical (unpaired) electrons. The first-order valence-corrected chi connectivity index (χ1v) is 8.32. The molecule has 1 heterocycles. The van der Waals surface area contributed by atoms with Crippen molar-refractivity contribution in [2.75, 3.05) is 10.6 Å². The molecule has 0 bridgehead atoms. The van der Waals surface area contributed by atoms with Crippen LogP contribution in [0.5, 0.6) is 0 Å². The minimum Gasteiger partial charge on any atom is -0.322 e. The second-order valence-corrected chi connectivity index (χ2v) is 6.25. The Labute approximate surface area is 156 Å². The zero-order valence-corrected chi connectivity index (χ0v) is 14.9. The van der Waals surface area contributed by atoms with Crippen molar-refractivity contribution in [2.24, 2.45) is 0 Å². The summed E-state index contributed by atoms with van der Waals surface area (Å²) < 4.78 is 13.0. The van der Waals surface area contributed by atoms with Gasteiger partial charge in [0.15, 0.2) is 0 Å². The van der Waals surface area contributed by atoms with Crippen LogP contribution in [0.15, 0.2) is 60.9 Å². The highest BCUT2D eigenvalue weighted by Crippen LogP contribution is 2.16. The third kappa shape index (κ3) is 4.76. The molecule has 3 rings (SSSR count). The molecule has 0 aliphatic carbocycles. The molecule has 0 unspecified atom stereocenters. The first-order chi connectivity index (χ1) is 12.9. The number of hydrogen-bond acceptors (Lipinski definition) is 3. The summed E-state index contributed by atoms with van der Waals surface area (Å²) in [5.74, 6) is -1.18. The smallest absolute Gasteiger partial charge is 0.257 e. The van der Waals surface area contributed by atoms with Crippen LogP contribution < -0.4 is 10.6 Å². The van der Waals surface area contributed by atoms with Gasteiger partial charge in [-0.25, -0.2) is 4.39 Å². The van der Waals surface area contributed by atoms with E-state index in [1.165, 1.54) is 42.7 Å². The van der Waals surface area contributed by atoms with Gasteiger partial charge in [0.25, 0.3) is 11.8 Å². The number of amides is 2. The minimum atomic E-state index is -0.435. The molecular formula is C21H18FN3O2. The molecule has 5 nitrogen and oxygen atoms in total. The molecule has 27 heavy (non-hydrogen) atoms. The van der Waals surface area contributed by atoms with Gasteiger partial charge in [0.05, 0.1) is 11.1 Å². The zero-order chi connectivity index (χ0) is 19.4. The Balaban J connectivity index is 1.75. The van der Waals surface area contributed by atoms with Gasteiger partial charge in [-0.1, -0.05) is 6.07 Å². The van der Waals surface area contributed by atoms with E-state index < -0.39 is 5.91 Å². The number of benzene rings is 2. The van der Waals surface area contributed by atoms with Crippen LogP contribution in [0.3, 0.4) is 0 Å². The van der Waals surface area contributed by atoms with Crippen LogP contribution in [0.4, 0.5) is 15.8 Å². The van der Waals surface area contributed by atoms with E-state index in [4.69, 9.17) is 0 Å². The molecular weight excluding hydrogens is 345 g/mol. The average molecular weight is 363 g/mol. The fraction of sp³-hybridized carbons (Fsp3) is 0.0952. The zero-order valence-electron chi connectivity index (χ0n) is 14.9. The Morgan fingerprint density at radius 2 is 1.30 bits per heavy atom. The third-order valence-electron chi connectivity index (χ3n) is 3.84. The molecule has 0 atom stereocenters.